The molecule has 0 aliphatic carbocycles. The first-order valence-electron chi connectivity index (χ1n) is 4.81. The summed E-state index contributed by atoms with van der Waals surface area (Å²) in [5, 5.41) is 4.23. The molecule has 0 unspecified atom stereocenters. The van der Waals surface area contributed by atoms with Crippen molar-refractivity contribution in [3.05, 3.63) is 17.4 Å². The van der Waals surface area contributed by atoms with Gasteiger partial charge >= 0.3 is 0 Å². The van der Waals surface area contributed by atoms with Gasteiger partial charge in [-0.2, -0.15) is 5.10 Å². The summed E-state index contributed by atoms with van der Waals surface area (Å²) in [6.07, 6.45) is 3.79. The first-order valence-corrected chi connectivity index (χ1v) is 6.90. The number of aryl methyl sites for hydroxylation is 1. The van der Waals surface area contributed by atoms with Crippen LogP contribution in [-0.2, 0) is 16.4 Å². The number of nitrogens with zero attached hydrogens (tertiary/aromatic N) is 2. The maximum Gasteiger partial charge on any atom is 0.152 e. The minimum atomic E-state index is -2.94. The molecule has 1 rings (SSSR count). The maximum absolute atomic E-state index is 11.5. The van der Waals surface area contributed by atoms with Gasteiger partial charge in [0, 0.05) is 12.7 Å². The summed E-state index contributed by atoms with van der Waals surface area (Å²) in [6.45, 7) is 3.97. The van der Waals surface area contributed by atoms with E-state index in [1.165, 1.54) is 0 Å². The Morgan fingerprint density at radius 2 is 2.20 bits per heavy atom. The number of halogens is 1. The van der Waals surface area contributed by atoms with Crippen LogP contribution < -0.4 is 0 Å². The Morgan fingerprint density at radius 1 is 1.53 bits per heavy atom. The van der Waals surface area contributed by atoms with Gasteiger partial charge in [0.05, 0.1) is 22.2 Å². The molecule has 0 saturated heterocycles. The summed E-state index contributed by atoms with van der Waals surface area (Å²) in [4.78, 5) is 0. The summed E-state index contributed by atoms with van der Waals surface area (Å²) >= 11 is 5.68. The molecule has 4 nitrogen and oxygen atoms in total. The zero-order valence-corrected chi connectivity index (χ0v) is 10.4. The molecule has 1 aromatic rings. The van der Waals surface area contributed by atoms with Crippen LogP contribution in [-0.4, -0.2) is 29.2 Å². The summed E-state index contributed by atoms with van der Waals surface area (Å²) in [5.74, 6) is 0.197. The molecule has 0 bridgehead atoms. The maximum atomic E-state index is 11.5. The average molecular weight is 251 g/mol. The Labute approximate surface area is 95.2 Å². The van der Waals surface area contributed by atoms with E-state index in [1.807, 2.05) is 0 Å². The number of hydrogen-bond donors (Lipinski definition) is 0. The number of aromatic nitrogens is 2. The zero-order chi connectivity index (χ0) is 11.5. The van der Waals surface area contributed by atoms with E-state index >= 15 is 0 Å². The predicted octanol–water partition coefficient (Wildman–Crippen LogP) is 1.75. The smallest absolute Gasteiger partial charge is 0.152 e. The van der Waals surface area contributed by atoms with E-state index in [9.17, 15) is 8.42 Å². The van der Waals surface area contributed by atoms with Crippen LogP contribution in [0.4, 0.5) is 0 Å². The van der Waals surface area contributed by atoms with Crippen LogP contribution in [0.2, 0.25) is 5.02 Å². The summed E-state index contributed by atoms with van der Waals surface area (Å²) in [7, 11) is -2.94. The first-order chi connectivity index (χ1) is 6.92. The zero-order valence-electron chi connectivity index (χ0n) is 8.85. The summed E-state index contributed by atoms with van der Waals surface area (Å²) in [5.41, 5.74) is 0. The number of hydrogen-bond acceptors (Lipinski definition) is 3. The van der Waals surface area contributed by atoms with Gasteiger partial charge in [-0.05, 0) is 20.3 Å². The molecule has 0 N–H and O–H groups in total. The third kappa shape index (κ3) is 3.83. The van der Waals surface area contributed by atoms with Gasteiger partial charge in [0.2, 0.25) is 0 Å². The Morgan fingerprint density at radius 3 is 2.67 bits per heavy atom. The molecule has 0 aromatic carbocycles. The van der Waals surface area contributed by atoms with Crippen molar-refractivity contribution < 1.29 is 8.42 Å². The van der Waals surface area contributed by atoms with Crippen molar-refractivity contribution in [2.45, 2.75) is 32.1 Å². The average Bonchev–Trinajstić information content (AvgIpc) is 2.51. The van der Waals surface area contributed by atoms with E-state index in [0.29, 0.717) is 18.0 Å². The van der Waals surface area contributed by atoms with Crippen molar-refractivity contribution in [1.29, 1.82) is 0 Å². The van der Waals surface area contributed by atoms with Crippen molar-refractivity contribution in [3.63, 3.8) is 0 Å². The molecular weight excluding hydrogens is 236 g/mol. The molecule has 6 heteroatoms. The van der Waals surface area contributed by atoms with E-state index in [0.717, 1.165) is 0 Å². The third-order valence-electron chi connectivity index (χ3n) is 2.14. The first kappa shape index (κ1) is 12.5. The molecule has 1 heterocycles. The van der Waals surface area contributed by atoms with Crippen LogP contribution in [0.1, 0.15) is 20.3 Å². The van der Waals surface area contributed by atoms with Gasteiger partial charge in [0.15, 0.2) is 9.84 Å². The van der Waals surface area contributed by atoms with Gasteiger partial charge in [-0.25, -0.2) is 8.42 Å². The van der Waals surface area contributed by atoms with Crippen LogP contribution in [0.3, 0.4) is 0 Å². The number of rotatable bonds is 5. The second-order valence-electron chi connectivity index (χ2n) is 3.69. The Bertz CT molecular complexity index is 412. The molecule has 0 saturated carbocycles. The van der Waals surface area contributed by atoms with Crippen LogP contribution >= 0.6 is 11.6 Å². The lowest BCUT2D eigenvalue weighted by atomic mass is 10.5. The predicted molar refractivity (Wildman–Crippen MR) is 60.8 cm³/mol. The third-order valence-corrected chi connectivity index (χ3v) is 4.63. The second-order valence-corrected chi connectivity index (χ2v) is 6.80. The molecule has 0 spiro atoms. The molecule has 0 fully saturated rings. The van der Waals surface area contributed by atoms with Gasteiger partial charge in [0.25, 0.3) is 0 Å². The van der Waals surface area contributed by atoms with Gasteiger partial charge in [-0.15, -0.1) is 0 Å². The summed E-state index contributed by atoms with van der Waals surface area (Å²) < 4.78 is 24.6. The van der Waals surface area contributed by atoms with Crippen LogP contribution in [0.5, 0.6) is 0 Å². The molecule has 1 aromatic heterocycles. The SMILES string of the molecule is CC(C)S(=O)(=O)CCCn1cc(Cl)cn1. The molecule has 15 heavy (non-hydrogen) atoms. The van der Waals surface area contributed by atoms with E-state index in [-0.39, 0.29) is 11.0 Å². The molecule has 0 aliphatic heterocycles. The highest BCUT2D eigenvalue weighted by molar-refractivity contribution is 7.91. The minimum Gasteiger partial charge on any atom is -0.271 e. The second kappa shape index (κ2) is 4.99. The normalized spacial score (nSPS) is 12.3. The highest BCUT2D eigenvalue weighted by Gasteiger charge is 2.15. The Balaban J connectivity index is 2.40. The van der Waals surface area contributed by atoms with Gasteiger partial charge < -0.3 is 0 Å². The molecule has 0 aliphatic rings. The fourth-order valence-corrected chi connectivity index (χ4v) is 2.28. The van der Waals surface area contributed by atoms with E-state index in [4.69, 9.17) is 11.6 Å². The van der Waals surface area contributed by atoms with Crippen molar-refractivity contribution in [2.24, 2.45) is 0 Å². The molecule has 86 valence electrons. The Kier molecular flexibility index (Phi) is 4.16. The number of sulfone groups is 1. The van der Waals surface area contributed by atoms with Gasteiger partial charge in [-0.3, -0.25) is 4.68 Å². The van der Waals surface area contributed by atoms with Crippen molar-refractivity contribution >= 4 is 21.4 Å². The van der Waals surface area contributed by atoms with E-state index in [2.05, 4.69) is 5.10 Å². The van der Waals surface area contributed by atoms with Crippen LogP contribution in [0, 0.1) is 0 Å². The molecule has 0 amide bonds. The lowest BCUT2D eigenvalue weighted by Crippen LogP contribution is -2.18. The highest BCUT2D eigenvalue weighted by atomic mass is 35.5. The molecule has 0 radical (unpaired) electrons. The van der Waals surface area contributed by atoms with Gasteiger partial charge in [0.1, 0.15) is 0 Å². The highest BCUT2D eigenvalue weighted by Crippen LogP contribution is 2.07. The lowest BCUT2D eigenvalue weighted by Gasteiger charge is -2.07. The quantitative estimate of drug-likeness (QED) is 0.800. The monoisotopic (exact) mass is 250 g/mol. The fourth-order valence-electron chi connectivity index (χ4n) is 1.12. The summed E-state index contributed by atoms with van der Waals surface area (Å²) in [6, 6.07) is 0. The van der Waals surface area contributed by atoms with E-state index in [1.54, 1.807) is 30.9 Å². The fraction of sp³-hybridized carbons (Fsp3) is 0.667. The lowest BCUT2D eigenvalue weighted by molar-refractivity contribution is 0.566. The van der Waals surface area contributed by atoms with E-state index < -0.39 is 9.84 Å². The largest absolute Gasteiger partial charge is 0.271 e. The molecular formula is C9H15ClN2O2S. The van der Waals surface area contributed by atoms with Gasteiger partial charge in [-0.1, -0.05) is 11.6 Å². The minimum absolute atomic E-state index is 0.197. The standard InChI is InChI=1S/C9H15ClN2O2S/c1-8(2)15(13,14)5-3-4-12-7-9(10)6-11-12/h6-8H,3-5H2,1-2H3. The Hall–Kier alpha value is -0.550. The van der Waals surface area contributed by atoms with Crippen molar-refractivity contribution in [3.8, 4) is 0 Å². The van der Waals surface area contributed by atoms with Crippen LogP contribution in [0.25, 0.3) is 0 Å². The van der Waals surface area contributed by atoms with Crippen LogP contribution in [0.15, 0.2) is 12.4 Å². The van der Waals surface area contributed by atoms with Crippen molar-refractivity contribution in [1.82, 2.24) is 9.78 Å². The molecule has 0 atom stereocenters. The van der Waals surface area contributed by atoms with Crippen molar-refractivity contribution in [2.75, 3.05) is 5.75 Å². The topological polar surface area (TPSA) is 52.0 Å².